The van der Waals surface area contributed by atoms with Gasteiger partial charge in [0.05, 0.1) is 16.8 Å². The van der Waals surface area contributed by atoms with Crippen LogP contribution in [0.25, 0.3) is 11.1 Å². The summed E-state index contributed by atoms with van der Waals surface area (Å²) in [6.45, 7) is 1.76. The molecule has 3 aromatic rings. The van der Waals surface area contributed by atoms with Gasteiger partial charge in [0, 0.05) is 23.9 Å². The largest absolute Gasteiger partial charge is 0.446 e. The third-order valence-electron chi connectivity index (χ3n) is 6.09. The van der Waals surface area contributed by atoms with Gasteiger partial charge in [-0.1, -0.05) is 24.3 Å². The number of amides is 2. The number of nitrogens with one attached hydrogen (secondary N) is 1. The number of pyridine rings is 1. The highest BCUT2D eigenvalue weighted by atomic mass is 19.1. The average Bonchev–Trinajstić information content (AvgIpc) is 3.70. The van der Waals surface area contributed by atoms with Gasteiger partial charge in [0.1, 0.15) is 11.9 Å². The lowest BCUT2D eigenvalue weighted by molar-refractivity contribution is -0.118. The zero-order valence-electron chi connectivity index (χ0n) is 19.6. The molecule has 1 atom stereocenters. The van der Waals surface area contributed by atoms with E-state index in [4.69, 9.17) is 10.5 Å². The van der Waals surface area contributed by atoms with E-state index in [1.165, 1.54) is 36.5 Å². The minimum absolute atomic E-state index is 0.00620. The smallest absolute Gasteiger partial charge is 0.411 e. The molecule has 2 amide bonds. The van der Waals surface area contributed by atoms with Crippen molar-refractivity contribution in [1.82, 2.24) is 4.98 Å². The van der Waals surface area contributed by atoms with E-state index < -0.39 is 35.0 Å². The minimum Gasteiger partial charge on any atom is -0.446 e. The van der Waals surface area contributed by atoms with Crippen LogP contribution in [0.5, 0.6) is 0 Å². The molecule has 9 heteroatoms. The third kappa shape index (κ3) is 5.56. The molecule has 0 bridgehead atoms. The Morgan fingerprint density at radius 1 is 1.08 bits per heavy atom. The van der Waals surface area contributed by atoms with Crippen LogP contribution in [-0.2, 0) is 16.0 Å². The van der Waals surface area contributed by atoms with Gasteiger partial charge in [0.25, 0.3) is 0 Å². The first kappa shape index (κ1) is 25.0. The maximum Gasteiger partial charge on any atom is 0.411 e. The number of hydrogen-bond acceptors (Lipinski definition) is 5. The Bertz CT molecular complexity index is 1320. The molecule has 3 N–H and O–H groups in total. The number of aromatic nitrogens is 1. The second kappa shape index (κ2) is 10.6. The van der Waals surface area contributed by atoms with E-state index in [-0.39, 0.29) is 41.7 Å². The first-order valence-electron chi connectivity index (χ1n) is 11.6. The number of carbonyl (C=O) groups excluding carboxylic acids is 3. The molecule has 1 aliphatic rings. The summed E-state index contributed by atoms with van der Waals surface area (Å²) >= 11 is 0. The maximum atomic E-state index is 15.9. The summed E-state index contributed by atoms with van der Waals surface area (Å²) in [5, 5.41) is 2.36. The molecule has 7 nitrogen and oxygen atoms in total. The molecule has 1 fully saturated rings. The van der Waals surface area contributed by atoms with Gasteiger partial charge in [-0.15, -0.1) is 0 Å². The highest BCUT2D eigenvalue weighted by molar-refractivity contribution is 6.14. The van der Waals surface area contributed by atoms with Crippen LogP contribution in [0.4, 0.5) is 19.3 Å². The molecule has 0 spiro atoms. The number of benzene rings is 2. The summed E-state index contributed by atoms with van der Waals surface area (Å²) in [6.07, 6.45) is 2.40. The van der Waals surface area contributed by atoms with Crippen molar-refractivity contribution < 1.29 is 27.9 Å². The number of ether oxygens (including phenoxy) is 1. The molecule has 0 saturated heterocycles. The van der Waals surface area contributed by atoms with Crippen molar-refractivity contribution >= 4 is 23.5 Å². The molecule has 1 aromatic heterocycles. The number of hydrogen-bond donors (Lipinski definition) is 2. The Hall–Kier alpha value is -4.14. The van der Waals surface area contributed by atoms with Crippen molar-refractivity contribution in [2.24, 2.45) is 11.7 Å². The fraction of sp³-hybridized carbons (Fsp3) is 0.259. The van der Waals surface area contributed by atoms with Gasteiger partial charge in [-0.05, 0) is 61.9 Å². The average molecular weight is 494 g/mol. The zero-order chi connectivity index (χ0) is 25.8. The predicted octanol–water partition coefficient (Wildman–Crippen LogP) is 5.02. The van der Waals surface area contributed by atoms with Crippen LogP contribution in [0.15, 0.2) is 54.7 Å². The van der Waals surface area contributed by atoms with Crippen LogP contribution >= 0.6 is 0 Å². The van der Waals surface area contributed by atoms with Gasteiger partial charge in [-0.3, -0.25) is 19.9 Å². The SMILES string of the molecule is C[C@H](OC(=O)Nc1ccc(-c2cccnc2CCC(N)=O)c(C(=O)c2ccccc2F)c1F)C1CC1. The van der Waals surface area contributed by atoms with Crippen molar-refractivity contribution in [3.63, 3.8) is 0 Å². The van der Waals surface area contributed by atoms with E-state index in [1.54, 1.807) is 19.1 Å². The van der Waals surface area contributed by atoms with Crippen molar-refractivity contribution in [1.29, 1.82) is 0 Å². The molecule has 0 unspecified atom stereocenters. The molecule has 0 aliphatic heterocycles. The Labute approximate surface area is 206 Å². The Morgan fingerprint density at radius 2 is 1.83 bits per heavy atom. The van der Waals surface area contributed by atoms with Crippen molar-refractivity contribution in [2.45, 2.75) is 38.7 Å². The van der Waals surface area contributed by atoms with E-state index in [2.05, 4.69) is 10.3 Å². The molecule has 0 radical (unpaired) electrons. The lowest BCUT2D eigenvalue weighted by Gasteiger charge is -2.17. The molecular formula is C27H25F2N3O4. The normalized spacial score (nSPS) is 13.6. The maximum absolute atomic E-state index is 15.9. The van der Waals surface area contributed by atoms with E-state index in [0.717, 1.165) is 18.9 Å². The van der Waals surface area contributed by atoms with E-state index in [1.807, 2.05) is 0 Å². The summed E-state index contributed by atoms with van der Waals surface area (Å²) in [4.78, 5) is 41.4. The van der Waals surface area contributed by atoms with Crippen molar-refractivity contribution in [3.8, 4) is 11.1 Å². The van der Waals surface area contributed by atoms with Gasteiger partial charge in [0.2, 0.25) is 5.91 Å². The minimum atomic E-state index is -1.04. The first-order valence-corrected chi connectivity index (χ1v) is 11.6. The number of carbonyl (C=O) groups is 3. The summed E-state index contributed by atoms with van der Waals surface area (Å²) in [6, 6.07) is 11.2. The molecule has 2 aromatic carbocycles. The van der Waals surface area contributed by atoms with Crippen molar-refractivity contribution in [3.05, 3.63) is 83.2 Å². The Kier molecular flexibility index (Phi) is 7.38. The number of rotatable bonds is 9. The van der Waals surface area contributed by atoms with Crippen LogP contribution in [0.2, 0.25) is 0 Å². The highest BCUT2D eigenvalue weighted by Crippen LogP contribution is 2.36. The third-order valence-corrected chi connectivity index (χ3v) is 6.09. The summed E-state index contributed by atoms with van der Waals surface area (Å²) < 4.78 is 35.7. The Balaban J connectivity index is 1.78. The second-order valence-electron chi connectivity index (χ2n) is 8.70. The van der Waals surface area contributed by atoms with E-state index >= 15 is 4.39 Å². The molecule has 1 aliphatic carbocycles. The summed E-state index contributed by atoms with van der Waals surface area (Å²) in [5.74, 6) is -3.02. The molecular weight excluding hydrogens is 468 g/mol. The van der Waals surface area contributed by atoms with Crippen LogP contribution in [0.3, 0.4) is 0 Å². The molecule has 36 heavy (non-hydrogen) atoms. The molecule has 4 rings (SSSR count). The number of nitrogens with two attached hydrogens (primary N) is 1. The topological polar surface area (TPSA) is 111 Å². The number of anilines is 1. The van der Waals surface area contributed by atoms with E-state index in [9.17, 15) is 18.8 Å². The first-order chi connectivity index (χ1) is 17.3. The summed E-state index contributed by atoms with van der Waals surface area (Å²) in [7, 11) is 0. The fourth-order valence-electron chi connectivity index (χ4n) is 3.99. The number of aryl methyl sites for hydroxylation is 1. The fourth-order valence-corrected chi connectivity index (χ4v) is 3.99. The Morgan fingerprint density at radius 3 is 2.53 bits per heavy atom. The lowest BCUT2D eigenvalue weighted by atomic mass is 9.91. The van der Waals surface area contributed by atoms with E-state index in [0.29, 0.717) is 11.3 Å². The van der Waals surface area contributed by atoms with Gasteiger partial charge in [0.15, 0.2) is 11.6 Å². The van der Waals surface area contributed by atoms with Crippen molar-refractivity contribution in [2.75, 3.05) is 5.32 Å². The van der Waals surface area contributed by atoms with Gasteiger partial charge in [-0.2, -0.15) is 0 Å². The van der Waals surface area contributed by atoms with Gasteiger partial charge in [-0.25, -0.2) is 13.6 Å². The molecule has 186 valence electrons. The van der Waals surface area contributed by atoms with Gasteiger partial charge < -0.3 is 10.5 Å². The number of nitrogens with zero attached hydrogens (tertiary/aromatic N) is 1. The monoisotopic (exact) mass is 493 g/mol. The number of ketones is 1. The van der Waals surface area contributed by atoms with Crippen LogP contribution < -0.4 is 11.1 Å². The van der Waals surface area contributed by atoms with Crippen LogP contribution in [0, 0.1) is 17.6 Å². The second-order valence-corrected chi connectivity index (χ2v) is 8.70. The quantitative estimate of drug-likeness (QED) is 0.407. The molecule has 1 heterocycles. The highest BCUT2D eigenvalue weighted by Gasteiger charge is 2.31. The van der Waals surface area contributed by atoms with Gasteiger partial charge >= 0.3 is 6.09 Å². The summed E-state index contributed by atoms with van der Waals surface area (Å²) in [5.41, 5.74) is 5.15. The predicted molar refractivity (Wildman–Crippen MR) is 129 cm³/mol. The standard InChI is InChI=1S/C27H25F2N3O4/c1-15(16-8-9-16)36-27(35)32-22-11-10-18(17-6-4-14-31-21(17)12-13-23(30)33)24(25(22)29)26(34)19-5-2-3-7-20(19)28/h2-7,10-11,14-16H,8-9,12-13H2,1H3,(H2,30,33)(H,32,35)/t15-/m0/s1. The van der Waals surface area contributed by atoms with Crippen LogP contribution in [0.1, 0.15) is 47.8 Å². The molecule has 1 saturated carbocycles. The zero-order valence-corrected chi connectivity index (χ0v) is 19.6. The number of primary amides is 1. The lowest BCUT2D eigenvalue weighted by Crippen LogP contribution is -2.22. The van der Waals surface area contributed by atoms with Crippen LogP contribution in [-0.4, -0.2) is 28.9 Å². The number of halogens is 2.